The molecule has 1 amide bonds. The zero-order valence-corrected chi connectivity index (χ0v) is 13.4. The highest BCUT2D eigenvalue weighted by Gasteiger charge is 2.20. The molecule has 1 fully saturated rings. The van der Waals surface area contributed by atoms with Crippen LogP contribution in [0.1, 0.15) is 25.7 Å². The zero-order valence-electron chi connectivity index (χ0n) is 13.4. The van der Waals surface area contributed by atoms with E-state index in [9.17, 15) is 14.9 Å². The summed E-state index contributed by atoms with van der Waals surface area (Å²) in [5.41, 5.74) is 1.09. The lowest BCUT2D eigenvalue weighted by Crippen LogP contribution is -2.34. The van der Waals surface area contributed by atoms with Crippen molar-refractivity contribution in [3.8, 4) is 0 Å². The topological polar surface area (TPSA) is 88.4 Å². The minimum atomic E-state index is -0.385. The molecule has 1 aromatic carbocycles. The minimum Gasteiger partial charge on any atom is -0.378 e. The van der Waals surface area contributed by atoms with Crippen LogP contribution in [-0.2, 0) is 4.79 Å². The molecule has 0 saturated carbocycles. The molecule has 126 valence electrons. The van der Waals surface area contributed by atoms with Crippen molar-refractivity contribution in [1.82, 2.24) is 9.88 Å². The van der Waals surface area contributed by atoms with Crippen LogP contribution < -0.4 is 5.32 Å². The Morgan fingerprint density at radius 3 is 2.96 bits per heavy atom. The van der Waals surface area contributed by atoms with E-state index < -0.39 is 0 Å². The predicted octanol–water partition coefficient (Wildman–Crippen LogP) is 2.96. The van der Waals surface area contributed by atoms with Gasteiger partial charge in [-0.15, -0.1) is 0 Å². The van der Waals surface area contributed by atoms with E-state index in [-0.39, 0.29) is 16.5 Å². The number of hydrogen-bond acceptors (Lipinski definition) is 5. The molecule has 0 bridgehead atoms. The second-order valence-corrected chi connectivity index (χ2v) is 5.91. The maximum absolute atomic E-state index is 12.0. The van der Waals surface area contributed by atoms with Crippen molar-refractivity contribution in [2.75, 3.05) is 25.0 Å². The van der Waals surface area contributed by atoms with E-state index in [1.165, 1.54) is 0 Å². The van der Waals surface area contributed by atoms with Gasteiger partial charge in [0.05, 0.1) is 15.8 Å². The maximum Gasteiger partial charge on any atom is 0.301 e. The van der Waals surface area contributed by atoms with Crippen molar-refractivity contribution in [3.63, 3.8) is 0 Å². The van der Waals surface area contributed by atoms with Gasteiger partial charge in [0.25, 0.3) is 0 Å². The summed E-state index contributed by atoms with van der Waals surface area (Å²) in [4.78, 5) is 29.1. The quantitative estimate of drug-likeness (QED) is 0.673. The Bertz CT molecular complexity index is 763. The van der Waals surface area contributed by atoms with Gasteiger partial charge in [0, 0.05) is 32.3 Å². The number of anilines is 1. The number of hydrogen-bond donors (Lipinski definition) is 1. The lowest BCUT2D eigenvalue weighted by molar-refractivity contribution is -0.382. The first-order chi connectivity index (χ1) is 11.7. The highest BCUT2D eigenvalue weighted by molar-refractivity contribution is 5.94. The van der Waals surface area contributed by atoms with E-state index in [4.69, 9.17) is 0 Å². The number of pyridine rings is 1. The van der Waals surface area contributed by atoms with E-state index in [0.29, 0.717) is 36.1 Å². The van der Waals surface area contributed by atoms with E-state index in [1.54, 1.807) is 30.5 Å². The molecule has 0 atom stereocenters. The van der Waals surface area contributed by atoms with Crippen LogP contribution in [0.25, 0.3) is 10.9 Å². The third kappa shape index (κ3) is 3.45. The van der Waals surface area contributed by atoms with Crippen molar-refractivity contribution < 1.29 is 9.72 Å². The van der Waals surface area contributed by atoms with Crippen LogP contribution in [0.15, 0.2) is 30.5 Å². The molecule has 1 aliphatic heterocycles. The summed E-state index contributed by atoms with van der Waals surface area (Å²) in [6.07, 6.45) is 5.27. The van der Waals surface area contributed by atoms with Crippen LogP contribution in [-0.4, -0.2) is 40.3 Å². The SMILES string of the molecule is O=C1CCCCCN1CCNc1ccc2ncccc2c1[N+](=O)[O-]. The Morgan fingerprint density at radius 1 is 1.25 bits per heavy atom. The minimum absolute atomic E-state index is 0.0304. The first-order valence-corrected chi connectivity index (χ1v) is 8.20. The summed E-state index contributed by atoms with van der Waals surface area (Å²) >= 11 is 0. The third-order valence-corrected chi connectivity index (χ3v) is 4.31. The molecule has 1 saturated heterocycles. The summed E-state index contributed by atoms with van der Waals surface area (Å²) in [7, 11) is 0. The van der Waals surface area contributed by atoms with Crippen molar-refractivity contribution in [2.45, 2.75) is 25.7 Å². The number of nitrogens with zero attached hydrogens (tertiary/aromatic N) is 3. The summed E-state index contributed by atoms with van der Waals surface area (Å²) in [6, 6.07) is 6.83. The van der Waals surface area contributed by atoms with E-state index in [1.807, 2.05) is 4.90 Å². The van der Waals surface area contributed by atoms with E-state index in [2.05, 4.69) is 10.3 Å². The molecule has 2 heterocycles. The highest BCUT2D eigenvalue weighted by Crippen LogP contribution is 2.32. The van der Waals surface area contributed by atoms with Gasteiger partial charge in [0.1, 0.15) is 5.69 Å². The van der Waals surface area contributed by atoms with Gasteiger partial charge in [-0.3, -0.25) is 19.9 Å². The molecule has 7 heteroatoms. The monoisotopic (exact) mass is 328 g/mol. The molecule has 2 aromatic rings. The molecular weight excluding hydrogens is 308 g/mol. The lowest BCUT2D eigenvalue weighted by Gasteiger charge is -2.21. The van der Waals surface area contributed by atoms with Gasteiger partial charge in [0.2, 0.25) is 5.91 Å². The van der Waals surface area contributed by atoms with Crippen LogP contribution >= 0.6 is 0 Å². The first kappa shape index (κ1) is 16.2. The van der Waals surface area contributed by atoms with Gasteiger partial charge >= 0.3 is 5.69 Å². The molecule has 1 aliphatic rings. The second kappa shape index (κ2) is 7.25. The number of benzene rings is 1. The predicted molar refractivity (Wildman–Crippen MR) is 91.9 cm³/mol. The number of carbonyl (C=O) groups is 1. The van der Waals surface area contributed by atoms with Gasteiger partial charge in [-0.1, -0.05) is 6.42 Å². The number of aromatic nitrogens is 1. The molecular formula is C17H20N4O3. The Labute approximate surface area is 139 Å². The standard InChI is InChI=1S/C17H20N4O3/c22-16-6-2-1-3-11-20(16)12-10-19-15-8-7-14-13(5-4-9-18-14)17(15)21(23)24/h4-5,7-9,19H,1-3,6,10-12H2. The third-order valence-electron chi connectivity index (χ3n) is 4.31. The van der Waals surface area contributed by atoms with Crippen LogP contribution in [0.5, 0.6) is 0 Å². The number of rotatable bonds is 5. The average Bonchev–Trinajstić information content (AvgIpc) is 2.79. The molecule has 24 heavy (non-hydrogen) atoms. The zero-order chi connectivity index (χ0) is 16.9. The molecule has 0 spiro atoms. The molecule has 0 aliphatic carbocycles. The molecule has 1 aromatic heterocycles. The number of nitro benzene ring substituents is 1. The van der Waals surface area contributed by atoms with E-state index >= 15 is 0 Å². The number of nitro groups is 1. The fourth-order valence-corrected chi connectivity index (χ4v) is 3.08. The van der Waals surface area contributed by atoms with Gasteiger partial charge in [0.15, 0.2) is 0 Å². The second-order valence-electron chi connectivity index (χ2n) is 5.91. The maximum atomic E-state index is 12.0. The normalized spacial score (nSPS) is 15.3. The van der Waals surface area contributed by atoms with Crippen LogP contribution in [0.4, 0.5) is 11.4 Å². The molecule has 7 nitrogen and oxygen atoms in total. The number of nitrogens with one attached hydrogen (secondary N) is 1. The van der Waals surface area contributed by atoms with Crippen molar-refractivity contribution in [1.29, 1.82) is 0 Å². The number of fused-ring (bicyclic) bond motifs is 1. The van der Waals surface area contributed by atoms with Crippen molar-refractivity contribution in [2.24, 2.45) is 0 Å². The van der Waals surface area contributed by atoms with Crippen LogP contribution in [0, 0.1) is 10.1 Å². The van der Waals surface area contributed by atoms with E-state index in [0.717, 1.165) is 25.8 Å². The summed E-state index contributed by atoms with van der Waals surface area (Å²) in [5.74, 6) is 0.173. The lowest BCUT2D eigenvalue weighted by atomic mass is 10.1. The Morgan fingerprint density at radius 2 is 2.12 bits per heavy atom. The summed E-state index contributed by atoms with van der Waals surface area (Å²) in [6.45, 7) is 1.81. The van der Waals surface area contributed by atoms with Crippen LogP contribution in [0.3, 0.4) is 0 Å². The number of amides is 1. The Balaban J connectivity index is 1.74. The molecule has 0 radical (unpaired) electrons. The summed E-state index contributed by atoms with van der Waals surface area (Å²) < 4.78 is 0. The number of carbonyl (C=O) groups excluding carboxylic acids is 1. The van der Waals surface area contributed by atoms with Gasteiger partial charge in [-0.05, 0) is 37.1 Å². The average molecular weight is 328 g/mol. The van der Waals surface area contributed by atoms with Gasteiger partial charge < -0.3 is 10.2 Å². The Hall–Kier alpha value is -2.70. The van der Waals surface area contributed by atoms with Crippen molar-refractivity contribution >= 4 is 28.2 Å². The first-order valence-electron chi connectivity index (χ1n) is 8.20. The molecule has 1 N–H and O–H groups in total. The molecule has 0 unspecified atom stereocenters. The fraction of sp³-hybridized carbons (Fsp3) is 0.412. The summed E-state index contributed by atoms with van der Waals surface area (Å²) in [5, 5.41) is 15.1. The van der Waals surface area contributed by atoms with Gasteiger partial charge in [-0.25, -0.2) is 0 Å². The number of likely N-dealkylation sites (tertiary alicyclic amines) is 1. The molecule has 3 rings (SSSR count). The highest BCUT2D eigenvalue weighted by atomic mass is 16.6. The fourth-order valence-electron chi connectivity index (χ4n) is 3.08. The smallest absolute Gasteiger partial charge is 0.301 e. The van der Waals surface area contributed by atoms with Crippen molar-refractivity contribution in [3.05, 3.63) is 40.6 Å². The van der Waals surface area contributed by atoms with Gasteiger partial charge in [-0.2, -0.15) is 0 Å². The largest absolute Gasteiger partial charge is 0.378 e. The Kier molecular flexibility index (Phi) is 4.88. The van der Waals surface area contributed by atoms with Crippen LogP contribution in [0.2, 0.25) is 0 Å².